The molecule has 0 saturated heterocycles. The number of benzene rings is 1. The van der Waals surface area contributed by atoms with Crippen LogP contribution in [-0.4, -0.2) is 22.9 Å². The number of aromatic hydroxyl groups is 1. The van der Waals surface area contributed by atoms with Gasteiger partial charge in [0.2, 0.25) is 0 Å². The molecule has 0 aliphatic carbocycles. The summed E-state index contributed by atoms with van der Waals surface area (Å²) < 4.78 is 28.2. The number of alkyl halides is 3. The number of Topliss-reactive ketones (excluding diaryl/α,β-unsaturated/α-hetero) is 1. The van der Waals surface area contributed by atoms with Crippen LogP contribution in [0.4, 0.5) is 8.78 Å². The molecule has 0 spiro atoms. The van der Waals surface area contributed by atoms with Crippen molar-refractivity contribution >= 4 is 17.4 Å². The van der Waals surface area contributed by atoms with Gasteiger partial charge in [-0.1, -0.05) is 0 Å². The van der Waals surface area contributed by atoms with Crippen LogP contribution in [0.5, 0.6) is 11.5 Å². The molecule has 1 aromatic rings. The van der Waals surface area contributed by atoms with Gasteiger partial charge in [-0.2, -0.15) is 8.78 Å². The second-order valence-electron chi connectivity index (χ2n) is 3.04. The number of hydrogen-bond donors (Lipinski definition) is 1. The summed E-state index contributed by atoms with van der Waals surface area (Å²) in [6.07, 6.45) is 0. The maximum Gasteiger partial charge on any atom is 0.387 e. The SMILES string of the molecule is CC(Cl)C(=O)c1cc(O)ccc1OC(F)F. The predicted octanol–water partition coefficient (Wildman–Crippen LogP) is 2.80. The summed E-state index contributed by atoms with van der Waals surface area (Å²) in [6.45, 7) is -1.64. The van der Waals surface area contributed by atoms with Crippen LogP contribution in [0.15, 0.2) is 18.2 Å². The molecule has 1 aromatic carbocycles. The number of ketones is 1. The smallest absolute Gasteiger partial charge is 0.387 e. The zero-order valence-corrected chi connectivity index (χ0v) is 9.04. The minimum Gasteiger partial charge on any atom is -0.508 e. The van der Waals surface area contributed by atoms with Gasteiger partial charge in [-0.05, 0) is 25.1 Å². The number of rotatable bonds is 4. The van der Waals surface area contributed by atoms with Crippen LogP contribution >= 0.6 is 11.6 Å². The van der Waals surface area contributed by atoms with E-state index in [1.165, 1.54) is 6.92 Å². The number of phenols is 1. The van der Waals surface area contributed by atoms with Gasteiger partial charge in [-0.15, -0.1) is 11.6 Å². The molecule has 0 aliphatic heterocycles. The van der Waals surface area contributed by atoms with E-state index in [9.17, 15) is 13.6 Å². The Morgan fingerprint density at radius 2 is 2.12 bits per heavy atom. The molecule has 1 atom stereocenters. The Hall–Kier alpha value is -1.36. The summed E-state index contributed by atoms with van der Waals surface area (Å²) in [5.74, 6) is -1.11. The quantitative estimate of drug-likeness (QED) is 0.660. The van der Waals surface area contributed by atoms with Gasteiger partial charge in [0, 0.05) is 0 Å². The molecular weight excluding hydrogens is 242 g/mol. The highest BCUT2D eigenvalue weighted by Gasteiger charge is 2.20. The topological polar surface area (TPSA) is 46.5 Å². The molecule has 0 aromatic heterocycles. The fourth-order valence-corrected chi connectivity index (χ4v) is 1.24. The van der Waals surface area contributed by atoms with Gasteiger partial charge in [-0.25, -0.2) is 0 Å². The Kier molecular flexibility index (Phi) is 4.06. The molecule has 3 nitrogen and oxygen atoms in total. The molecule has 0 radical (unpaired) electrons. The highest BCUT2D eigenvalue weighted by molar-refractivity contribution is 6.34. The summed E-state index contributed by atoms with van der Waals surface area (Å²) in [7, 11) is 0. The summed E-state index contributed by atoms with van der Waals surface area (Å²) in [5.41, 5.74) is -0.164. The van der Waals surface area contributed by atoms with Crippen LogP contribution in [0.3, 0.4) is 0 Å². The fourth-order valence-electron chi connectivity index (χ4n) is 1.12. The van der Waals surface area contributed by atoms with Gasteiger partial charge in [0.1, 0.15) is 11.5 Å². The van der Waals surface area contributed by atoms with E-state index in [4.69, 9.17) is 16.7 Å². The lowest BCUT2D eigenvalue weighted by atomic mass is 10.1. The molecular formula is C10H9ClF2O3. The average Bonchev–Trinajstić information content (AvgIpc) is 2.18. The highest BCUT2D eigenvalue weighted by Crippen LogP contribution is 2.27. The molecule has 1 unspecified atom stereocenters. The molecule has 6 heteroatoms. The van der Waals surface area contributed by atoms with Gasteiger partial charge in [0.05, 0.1) is 10.9 Å². The van der Waals surface area contributed by atoms with Crippen LogP contribution in [0.1, 0.15) is 17.3 Å². The standard InChI is InChI=1S/C10H9ClF2O3/c1-5(11)9(15)7-4-6(14)2-3-8(7)16-10(12)13/h2-5,10,14H,1H3. The van der Waals surface area contributed by atoms with Crippen LogP contribution in [0.25, 0.3) is 0 Å². The van der Waals surface area contributed by atoms with Gasteiger partial charge in [0.25, 0.3) is 0 Å². The van der Waals surface area contributed by atoms with Gasteiger partial charge in [0.15, 0.2) is 5.78 Å². The Bertz CT molecular complexity index is 394. The Morgan fingerprint density at radius 1 is 1.50 bits per heavy atom. The number of ether oxygens (including phenoxy) is 1. The molecule has 1 N–H and O–H groups in total. The second-order valence-corrected chi connectivity index (χ2v) is 3.69. The Labute approximate surface area is 95.6 Å². The van der Waals surface area contributed by atoms with Crippen LogP contribution < -0.4 is 4.74 Å². The number of phenolic OH excluding ortho intramolecular Hbond substituents is 1. The molecule has 1 rings (SSSR count). The van der Waals surface area contributed by atoms with E-state index in [2.05, 4.69) is 4.74 Å². The number of carbonyl (C=O) groups is 1. The normalized spacial score (nSPS) is 12.6. The molecule has 16 heavy (non-hydrogen) atoms. The molecule has 0 saturated carbocycles. The third-order valence-electron chi connectivity index (χ3n) is 1.81. The third-order valence-corrected chi connectivity index (χ3v) is 2.00. The third kappa shape index (κ3) is 3.06. The maximum atomic E-state index is 12.0. The molecule has 0 bridgehead atoms. The van der Waals surface area contributed by atoms with Crippen molar-refractivity contribution in [1.29, 1.82) is 0 Å². The first-order valence-corrected chi connectivity index (χ1v) is 4.81. The van der Waals surface area contributed by atoms with E-state index in [-0.39, 0.29) is 17.1 Å². The van der Waals surface area contributed by atoms with Crippen molar-refractivity contribution in [3.05, 3.63) is 23.8 Å². The van der Waals surface area contributed by atoms with Gasteiger partial charge in [-0.3, -0.25) is 4.79 Å². The predicted molar refractivity (Wildman–Crippen MR) is 54.4 cm³/mol. The van der Waals surface area contributed by atoms with Crippen molar-refractivity contribution in [2.45, 2.75) is 18.9 Å². The number of carbonyl (C=O) groups excluding carboxylic acids is 1. The summed E-state index contributed by atoms with van der Waals surface area (Å²) in [6, 6.07) is 3.28. The molecule has 88 valence electrons. The van der Waals surface area contributed by atoms with Gasteiger partial charge < -0.3 is 9.84 Å². The van der Waals surface area contributed by atoms with Crippen LogP contribution in [0.2, 0.25) is 0 Å². The number of halogens is 3. The molecule has 0 amide bonds. The number of hydrogen-bond acceptors (Lipinski definition) is 3. The minimum atomic E-state index is -3.04. The van der Waals surface area contributed by atoms with E-state index >= 15 is 0 Å². The highest BCUT2D eigenvalue weighted by atomic mass is 35.5. The van der Waals surface area contributed by atoms with Crippen molar-refractivity contribution in [3.63, 3.8) is 0 Å². The fraction of sp³-hybridized carbons (Fsp3) is 0.300. The Balaban J connectivity index is 3.12. The van der Waals surface area contributed by atoms with E-state index in [0.717, 1.165) is 18.2 Å². The van der Waals surface area contributed by atoms with E-state index in [1.54, 1.807) is 0 Å². The summed E-state index contributed by atoms with van der Waals surface area (Å²) >= 11 is 5.55. The maximum absolute atomic E-state index is 12.0. The molecule has 0 aliphatic rings. The Morgan fingerprint density at radius 3 is 2.62 bits per heavy atom. The van der Waals surface area contributed by atoms with Gasteiger partial charge >= 0.3 is 6.61 Å². The zero-order valence-electron chi connectivity index (χ0n) is 8.28. The lowest BCUT2D eigenvalue weighted by Gasteiger charge is -2.11. The van der Waals surface area contributed by atoms with Crippen molar-refractivity contribution in [3.8, 4) is 11.5 Å². The van der Waals surface area contributed by atoms with Crippen molar-refractivity contribution in [2.24, 2.45) is 0 Å². The first-order chi connectivity index (χ1) is 7.41. The molecule has 0 fully saturated rings. The van der Waals surface area contributed by atoms with Crippen LogP contribution in [0, 0.1) is 0 Å². The minimum absolute atomic E-state index is 0.164. The zero-order chi connectivity index (χ0) is 12.3. The first-order valence-electron chi connectivity index (χ1n) is 4.38. The largest absolute Gasteiger partial charge is 0.508 e. The monoisotopic (exact) mass is 250 g/mol. The summed E-state index contributed by atoms with van der Waals surface area (Å²) in [5, 5.41) is 8.28. The van der Waals surface area contributed by atoms with E-state index < -0.39 is 17.8 Å². The lowest BCUT2D eigenvalue weighted by Crippen LogP contribution is -2.14. The van der Waals surface area contributed by atoms with Crippen molar-refractivity contribution in [1.82, 2.24) is 0 Å². The lowest BCUT2D eigenvalue weighted by molar-refractivity contribution is -0.0501. The van der Waals surface area contributed by atoms with Crippen molar-refractivity contribution in [2.75, 3.05) is 0 Å². The van der Waals surface area contributed by atoms with E-state index in [0.29, 0.717) is 0 Å². The molecule has 0 heterocycles. The average molecular weight is 251 g/mol. The van der Waals surface area contributed by atoms with E-state index in [1.807, 2.05) is 0 Å². The first kappa shape index (κ1) is 12.7. The van der Waals surface area contributed by atoms with Crippen LogP contribution in [-0.2, 0) is 0 Å². The van der Waals surface area contributed by atoms with Crippen molar-refractivity contribution < 1.29 is 23.4 Å². The summed E-state index contributed by atoms with van der Waals surface area (Å²) in [4.78, 5) is 11.5. The second kappa shape index (κ2) is 5.12.